The molecule has 0 bridgehead atoms. The Bertz CT molecular complexity index is 1160. The Kier molecular flexibility index (Phi) is 5.24. The second-order valence-electron chi connectivity index (χ2n) is 6.53. The van der Waals surface area contributed by atoms with Crippen LogP contribution in [0.5, 0.6) is 0 Å². The fraction of sp³-hybridized carbons (Fsp3) is 0.190. The Balaban J connectivity index is 1.65. The Labute approximate surface area is 172 Å². The number of carbonyl (C=O) groups is 1. The van der Waals surface area contributed by atoms with Crippen LogP contribution in [0, 0.1) is 6.92 Å². The zero-order valence-electron chi connectivity index (χ0n) is 15.5. The van der Waals surface area contributed by atoms with Gasteiger partial charge in [-0.05, 0) is 55.3 Å². The van der Waals surface area contributed by atoms with Gasteiger partial charge < -0.3 is 5.32 Å². The minimum Gasteiger partial charge on any atom is -0.325 e. The number of amides is 1. The first kappa shape index (κ1) is 18.8. The van der Waals surface area contributed by atoms with Gasteiger partial charge >= 0.3 is 0 Å². The van der Waals surface area contributed by atoms with E-state index in [1.807, 2.05) is 29.5 Å². The molecule has 0 saturated heterocycles. The fourth-order valence-electron chi connectivity index (χ4n) is 3.16. The Hall–Kier alpha value is -2.57. The van der Waals surface area contributed by atoms with Crippen LogP contribution in [0.3, 0.4) is 0 Å². The number of hydrogen-bond acceptors (Lipinski definition) is 4. The van der Waals surface area contributed by atoms with E-state index in [0.717, 1.165) is 27.8 Å². The Morgan fingerprint density at radius 3 is 2.68 bits per heavy atom. The molecule has 0 spiro atoms. The third kappa shape index (κ3) is 3.57. The molecule has 0 aliphatic heterocycles. The normalized spacial score (nSPS) is 12.4. The van der Waals surface area contributed by atoms with Crippen LogP contribution < -0.4 is 5.32 Å². The molecule has 4 rings (SSSR count). The molecule has 1 unspecified atom stereocenters. The van der Waals surface area contributed by atoms with E-state index in [-0.39, 0.29) is 11.2 Å². The number of nitrogens with zero attached hydrogens (tertiary/aromatic N) is 3. The molecule has 0 radical (unpaired) electrons. The van der Waals surface area contributed by atoms with Gasteiger partial charge in [-0.2, -0.15) is 0 Å². The van der Waals surface area contributed by atoms with Crippen LogP contribution in [0.4, 0.5) is 5.69 Å². The van der Waals surface area contributed by atoms with Gasteiger partial charge in [0.2, 0.25) is 5.91 Å². The lowest BCUT2D eigenvalue weighted by Gasteiger charge is -2.14. The van der Waals surface area contributed by atoms with Crippen LogP contribution in [-0.2, 0) is 4.79 Å². The number of carbonyl (C=O) groups excluding carboxylic acids is 1. The second-order valence-corrected chi connectivity index (χ2v) is 8.14. The third-order valence-corrected chi connectivity index (χ3v) is 6.16. The number of para-hydroxylation sites is 1. The van der Waals surface area contributed by atoms with E-state index in [9.17, 15) is 4.79 Å². The smallest absolute Gasteiger partial charge is 0.237 e. The maximum absolute atomic E-state index is 12.8. The van der Waals surface area contributed by atoms with Crippen molar-refractivity contribution in [3.05, 3.63) is 65.2 Å². The van der Waals surface area contributed by atoms with Crippen molar-refractivity contribution in [2.45, 2.75) is 30.7 Å². The van der Waals surface area contributed by atoms with E-state index < -0.39 is 0 Å². The average Bonchev–Trinajstić information content (AvgIpc) is 3.10. The molecule has 5 nitrogen and oxygen atoms in total. The maximum atomic E-state index is 12.8. The lowest BCUT2D eigenvalue weighted by molar-refractivity contribution is -0.115. The minimum absolute atomic E-state index is 0.0667. The number of aromatic nitrogens is 3. The summed E-state index contributed by atoms with van der Waals surface area (Å²) in [5.74, 6) is -0.0667. The molecule has 2 aromatic heterocycles. The molecule has 142 valence electrons. The van der Waals surface area contributed by atoms with Gasteiger partial charge in [0, 0.05) is 16.1 Å². The first-order valence-electron chi connectivity index (χ1n) is 9.03. The van der Waals surface area contributed by atoms with Crippen molar-refractivity contribution >= 4 is 51.5 Å². The fourth-order valence-corrected chi connectivity index (χ4v) is 4.25. The summed E-state index contributed by atoms with van der Waals surface area (Å²) in [6.07, 6.45) is 0.669. The van der Waals surface area contributed by atoms with E-state index in [2.05, 4.69) is 34.6 Å². The number of fused-ring (bicyclic) bond motifs is 3. The molecule has 7 heteroatoms. The molecule has 28 heavy (non-hydrogen) atoms. The summed E-state index contributed by atoms with van der Waals surface area (Å²) in [6.45, 7) is 4.06. The van der Waals surface area contributed by atoms with Gasteiger partial charge in [-0.25, -0.2) is 0 Å². The van der Waals surface area contributed by atoms with Crippen molar-refractivity contribution in [2.24, 2.45) is 0 Å². The highest BCUT2D eigenvalue weighted by Gasteiger charge is 2.22. The number of pyridine rings is 1. The van der Waals surface area contributed by atoms with Crippen LogP contribution in [0.1, 0.15) is 18.9 Å². The molecule has 1 atom stereocenters. The van der Waals surface area contributed by atoms with Crippen LogP contribution in [0.25, 0.3) is 16.6 Å². The molecule has 0 aliphatic carbocycles. The van der Waals surface area contributed by atoms with E-state index in [0.29, 0.717) is 16.6 Å². The van der Waals surface area contributed by atoms with Crippen molar-refractivity contribution in [2.75, 3.05) is 5.32 Å². The predicted octanol–water partition coefficient (Wildman–Crippen LogP) is 5.35. The topological polar surface area (TPSA) is 59.3 Å². The first-order chi connectivity index (χ1) is 13.6. The van der Waals surface area contributed by atoms with Crippen molar-refractivity contribution in [3.8, 4) is 0 Å². The molecule has 1 amide bonds. The minimum atomic E-state index is -0.289. The van der Waals surface area contributed by atoms with Gasteiger partial charge in [0.25, 0.3) is 0 Å². The average molecular weight is 411 g/mol. The number of benzene rings is 2. The Morgan fingerprint density at radius 2 is 1.93 bits per heavy atom. The van der Waals surface area contributed by atoms with Crippen LogP contribution in [0.15, 0.2) is 59.8 Å². The number of thioether (sulfide) groups is 1. The zero-order chi connectivity index (χ0) is 19.7. The van der Waals surface area contributed by atoms with Gasteiger partial charge in [-0.1, -0.05) is 48.5 Å². The summed E-state index contributed by atoms with van der Waals surface area (Å²) in [4.78, 5) is 12.8. The predicted molar refractivity (Wildman–Crippen MR) is 115 cm³/mol. The summed E-state index contributed by atoms with van der Waals surface area (Å²) in [7, 11) is 0. The summed E-state index contributed by atoms with van der Waals surface area (Å²) < 4.78 is 2.02. The standard InChI is InChI=1S/C21H19ClN4OS/c1-3-18(20(27)23-15-10-8-14(22)9-11-15)28-21-25-24-19-12-13(2)16-6-4-5-7-17(16)26(19)21/h4-12,18H,3H2,1-2H3,(H,23,27). The molecule has 0 aliphatic rings. The summed E-state index contributed by atoms with van der Waals surface area (Å²) in [5.41, 5.74) is 3.70. The molecular weight excluding hydrogens is 392 g/mol. The summed E-state index contributed by atoms with van der Waals surface area (Å²) in [5, 5.41) is 13.8. The Morgan fingerprint density at radius 1 is 1.18 bits per heavy atom. The van der Waals surface area contributed by atoms with Crippen LogP contribution >= 0.6 is 23.4 Å². The van der Waals surface area contributed by atoms with Gasteiger partial charge in [-0.3, -0.25) is 9.20 Å². The highest BCUT2D eigenvalue weighted by Crippen LogP contribution is 2.29. The van der Waals surface area contributed by atoms with Crippen LogP contribution in [-0.4, -0.2) is 25.8 Å². The molecule has 0 saturated carbocycles. The number of rotatable bonds is 5. The number of aryl methyl sites for hydroxylation is 1. The van der Waals surface area contributed by atoms with Crippen LogP contribution in [0.2, 0.25) is 5.02 Å². The van der Waals surface area contributed by atoms with Gasteiger partial charge in [0.15, 0.2) is 10.8 Å². The molecule has 2 heterocycles. The van der Waals surface area contributed by atoms with E-state index >= 15 is 0 Å². The molecule has 1 N–H and O–H groups in total. The summed E-state index contributed by atoms with van der Waals surface area (Å²) >= 11 is 7.34. The second kappa shape index (κ2) is 7.81. The highest BCUT2D eigenvalue weighted by atomic mass is 35.5. The molecule has 4 aromatic rings. The SMILES string of the molecule is CCC(Sc1nnc2cc(C)c3ccccc3n12)C(=O)Nc1ccc(Cl)cc1. The number of hydrogen-bond donors (Lipinski definition) is 1. The summed E-state index contributed by atoms with van der Waals surface area (Å²) in [6, 6.07) is 17.3. The lowest BCUT2D eigenvalue weighted by atomic mass is 10.1. The molecular formula is C21H19ClN4OS. The van der Waals surface area contributed by atoms with Crippen molar-refractivity contribution in [3.63, 3.8) is 0 Å². The van der Waals surface area contributed by atoms with Crippen molar-refractivity contribution in [1.82, 2.24) is 14.6 Å². The highest BCUT2D eigenvalue weighted by molar-refractivity contribution is 8.00. The van der Waals surface area contributed by atoms with Gasteiger partial charge in [0.05, 0.1) is 10.8 Å². The van der Waals surface area contributed by atoms with E-state index in [1.54, 1.807) is 24.3 Å². The lowest BCUT2D eigenvalue weighted by Crippen LogP contribution is -2.24. The molecule has 0 fully saturated rings. The third-order valence-electron chi connectivity index (χ3n) is 4.60. The van der Waals surface area contributed by atoms with E-state index in [1.165, 1.54) is 11.8 Å². The maximum Gasteiger partial charge on any atom is 0.237 e. The monoisotopic (exact) mass is 410 g/mol. The largest absolute Gasteiger partial charge is 0.325 e. The molecule has 2 aromatic carbocycles. The van der Waals surface area contributed by atoms with Crippen molar-refractivity contribution in [1.29, 1.82) is 0 Å². The number of nitrogens with one attached hydrogen (secondary N) is 1. The number of halogens is 1. The number of anilines is 1. The van der Waals surface area contributed by atoms with E-state index in [4.69, 9.17) is 11.6 Å². The first-order valence-corrected chi connectivity index (χ1v) is 10.3. The van der Waals surface area contributed by atoms with Gasteiger partial charge in [-0.15, -0.1) is 10.2 Å². The van der Waals surface area contributed by atoms with Crippen molar-refractivity contribution < 1.29 is 4.79 Å². The van der Waals surface area contributed by atoms with Gasteiger partial charge in [0.1, 0.15) is 0 Å². The zero-order valence-corrected chi connectivity index (χ0v) is 17.1. The quantitative estimate of drug-likeness (QED) is 0.450.